The van der Waals surface area contributed by atoms with Gasteiger partial charge in [0, 0.05) is 6.20 Å². The number of pyridine rings is 1. The fourth-order valence-corrected chi connectivity index (χ4v) is 1.54. The zero-order chi connectivity index (χ0) is 13.9. The molecule has 0 aliphatic heterocycles. The Morgan fingerprint density at radius 3 is 2.74 bits per heavy atom. The number of aromatic nitrogens is 5. The second-order valence-corrected chi connectivity index (χ2v) is 3.87. The van der Waals surface area contributed by atoms with Gasteiger partial charge in [-0.25, -0.2) is 4.68 Å². The molecule has 0 unspecified atom stereocenters. The quantitative estimate of drug-likeness (QED) is 0.901. The number of halogens is 3. The first-order valence-electron chi connectivity index (χ1n) is 5.38. The molecule has 6 nitrogen and oxygen atoms in total. The van der Waals surface area contributed by atoms with Crippen LogP contribution in [0.3, 0.4) is 0 Å². The molecule has 9 heteroatoms. The number of rotatable bonds is 4. The average molecular weight is 273 g/mol. The highest BCUT2D eigenvalue weighted by molar-refractivity contribution is 5.47. The van der Waals surface area contributed by atoms with Crippen LogP contribution in [0.2, 0.25) is 0 Å². The molecule has 0 aliphatic carbocycles. The molecular weight excluding hydrogens is 263 g/mol. The number of alkyl halides is 3. The minimum Gasteiger partial charge on any atom is -0.391 e. The van der Waals surface area contributed by atoms with Crippen molar-refractivity contribution in [3.63, 3.8) is 0 Å². The van der Waals surface area contributed by atoms with Gasteiger partial charge < -0.3 is 5.11 Å². The Balaban J connectivity index is 2.13. The van der Waals surface area contributed by atoms with Gasteiger partial charge in [0.15, 0.2) is 0 Å². The van der Waals surface area contributed by atoms with E-state index in [0.29, 0.717) is 5.69 Å². The van der Waals surface area contributed by atoms with E-state index >= 15 is 0 Å². The smallest absolute Gasteiger partial charge is 0.391 e. The van der Waals surface area contributed by atoms with Crippen LogP contribution < -0.4 is 0 Å². The van der Waals surface area contributed by atoms with E-state index in [1.165, 1.54) is 6.20 Å². The van der Waals surface area contributed by atoms with Crippen LogP contribution in [0.5, 0.6) is 0 Å². The molecule has 1 atom stereocenters. The molecule has 0 spiro atoms. The number of aliphatic hydroxyl groups is 1. The average Bonchev–Trinajstić information content (AvgIpc) is 2.75. The summed E-state index contributed by atoms with van der Waals surface area (Å²) in [7, 11) is 0. The fraction of sp³-hybridized carbons (Fsp3) is 0.400. The van der Waals surface area contributed by atoms with E-state index < -0.39 is 18.7 Å². The van der Waals surface area contributed by atoms with E-state index in [2.05, 4.69) is 20.5 Å². The van der Waals surface area contributed by atoms with Crippen LogP contribution >= 0.6 is 0 Å². The summed E-state index contributed by atoms with van der Waals surface area (Å²) in [5, 5.41) is 20.0. The summed E-state index contributed by atoms with van der Waals surface area (Å²) in [6, 6.07) is 5.02. The predicted octanol–water partition coefficient (Wildman–Crippen LogP) is 1.05. The van der Waals surface area contributed by atoms with Gasteiger partial charge in [-0.15, -0.1) is 5.10 Å². The Kier molecular flexibility index (Phi) is 3.74. The van der Waals surface area contributed by atoms with Gasteiger partial charge in [-0.05, 0) is 22.6 Å². The molecule has 0 aliphatic rings. The largest absolute Gasteiger partial charge is 0.391 e. The molecule has 0 fully saturated rings. The van der Waals surface area contributed by atoms with Crippen molar-refractivity contribution in [1.29, 1.82) is 0 Å². The van der Waals surface area contributed by atoms with Gasteiger partial charge in [0.2, 0.25) is 5.82 Å². The van der Waals surface area contributed by atoms with Gasteiger partial charge in [-0.2, -0.15) is 13.2 Å². The molecule has 102 valence electrons. The maximum absolute atomic E-state index is 12.1. The molecule has 0 radical (unpaired) electrons. The van der Waals surface area contributed by atoms with Gasteiger partial charge in [-0.1, -0.05) is 6.07 Å². The lowest BCUT2D eigenvalue weighted by atomic mass is 10.2. The third-order valence-electron chi connectivity index (χ3n) is 2.28. The van der Waals surface area contributed by atoms with Gasteiger partial charge in [0.25, 0.3) is 0 Å². The summed E-state index contributed by atoms with van der Waals surface area (Å²) in [5.41, 5.74) is 0.423. The zero-order valence-corrected chi connectivity index (χ0v) is 9.62. The molecule has 1 N–H and O–H groups in total. The van der Waals surface area contributed by atoms with Crippen molar-refractivity contribution >= 4 is 0 Å². The van der Waals surface area contributed by atoms with E-state index in [1.807, 2.05) is 0 Å². The van der Waals surface area contributed by atoms with Crippen LogP contribution in [0, 0.1) is 0 Å². The first kappa shape index (κ1) is 13.4. The fourth-order valence-electron chi connectivity index (χ4n) is 1.54. The molecular formula is C10H10F3N5O. The van der Waals surface area contributed by atoms with Gasteiger partial charge >= 0.3 is 6.18 Å². The van der Waals surface area contributed by atoms with Crippen LogP contribution in [-0.2, 0) is 6.54 Å². The number of aliphatic hydroxyl groups excluding tert-OH is 1. The highest BCUT2D eigenvalue weighted by Crippen LogP contribution is 2.22. The van der Waals surface area contributed by atoms with E-state index in [0.717, 1.165) is 4.68 Å². The van der Waals surface area contributed by atoms with Crippen LogP contribution in [-0.4, -0.2) is 42.6 Å². The first-order valence-corrected chi connectivity index (χ1v) is 5.38. The minimum absolute atomic E-state index is 0.210. The van der Waals surface area contributed by atoms with Crippen molar-refractivity contribution < 1.29 is 18.3 Å². The Labute approximate surface area is 105 Å². The van der Waals surface area contributed by atoms with E-state index in [1.54, 1.807) is 18.2 Å². The number of hydrogen-bond acceptors (Lipinski definition) is 5. The van der Waals surface area contributed by atoms with Crippen molar-refractivity contribution in [3.8, 4) is 11.5 Å². The standard InChI is InChI=1S/C10H10F3N5O/c11-10(12,13)5-7(19)6-18-9(15-16-17-18)8-3-1-2-4-14-8/h1-4,7,19H,5-6H2/t7-/m1/s1. The highest BCUT2D eigenvalue weighted by atomic mass is 19.4. The van der Waals surface area contributed by atoms with Crippen molar-refractivity contribution in [2.45, 2.75) is 25.2 Å². The summed E-state index contributed by atoms with van der Waals surface area (Å²) < 4.78 is 37.5. The second-order valence-electron chi connectivity index (χ2n) is 3.87. The summed E-state index contributed by atoms with van der Waals surface area (Å²) in [5.74, 6) is 0.210. The monoisotopic (exact) mass is 273 g/mol. The predicted molar refractivity (Wildman–Crippen MR) is 57.7 cm³/mol. The lowest BCUT2D eigenvalue weighted by Gasteiger charge is -2.13. The molecule has 0 aromatic carbocycles. The Morgan fingerprint density at radius 2 is 2.11 bits per heavy atom. The molecule has 0 saturated heterocycles. The molecule has 2 aromatic rings. The summed E-state index contributed by atoms with van der Waals surface area (Å²) >= 11 is 0. The third kappa shape index (κ3) is 3.71. The number of tetrazole rings is 1. The normalized spacial score (nSPS) is 13.5. The molecule has 19 heavy (non-hydrogen) atoms. The van der Waals surface area contributed by atoms with Gasteiger partial charge in [0.05, 0.1) is 19.1 Å². The molecule has 2 heterocycles. The Bertz CT molecular complexity index is 527. The zero-order valence-electron chi connectivity index (χ0n) is 9.62. The lowest BCUT2D eigenvalue weighted by molar-refractivity contribution is -0.154. The van der Waals surface area contributed by atoms with Crippen LogP contribution in [0.4, 0.5) is 13.2 Å². The Morgan fingerprint density at radius 1 is 1.32 bits per heavy atom. The summed E-state index contributed by atoms with van der Waals surface area (Å²) in [6.45, 7) is -0.349. The SMILES string of the molecule is O[C@@H](Cn1nnnc1-c1ccccn1)CC(F)(F)F. The maximum Gasteiger partial charge on any atom is 0.391 e. The van der Waals surface area contributed by atoms with Crippen LogP contribution in [0.15, 0.2) is 24.4 Å². The second kappa shape index (κ2) is 5.31. The van der Waals surface area contributed by atoms with Crippen molar-refractivity contribution in [2.24, 2.45) is 0 Å². The summed E-state index contributed by atoms with van der Waals surface area (Å²) in [6.07, 6.45) is -5.83. The number of hydrogen-bond donors (Lipinski definition) is 1. The molecule has 2 rings (SSSR count). The van der Waals surface area contributed by atoms with Crippen LogP contribution in [0.25, 0.3) is 11.5 Å². The maximum atomic E-state index is 12.1. The molecule has 0 bridgehead atoms. The third-order valence-corrected chi connectivity index (χ3v) is 2.28. The Hall–Kier alpha value is -2.03. The number of nitrogens with zero attached hydrogens (tertiary/aromatic N) is 5. The lowest BCUT2D eigenvalue weighted by Crippen LogP contribution is -2.25. The minimum atomic E-state index is -4.43. The first-order chi connectivity index (χ1) is 8.96. The van der Waals surface area contributed by atoms with Gasteiger partial charge in [-0.3, -0.25) is 4.98 Å². The van der Waals surface area contributed by atoms with E-state index in [-0.39, 0.29) is 12.4 Å². The summed E-state index contributed by atoms with van der Waals surface area (Å²) in [4.78, 5) is 4.00. The van der Waals surface area contributed by atoms with Gasteiger partial charge in [0.1, 0.15) is 5.69 Å². The highest BCUT2D eigenvalue weighted by Gasteiger charge is 2.31. The topological polar surface area (TPSA) is 76.7 Å². The molecule has 2 aromatic heterocycles. The van der Waals surface area contributed by atoms with Crippen molar-refractivity contribution in [2.75, 3.05) is 0 Å². The van der Waals surface area contributed by atoms with Crippen LogP contribution in [0.1, 0.15) is 6.42 Å². The molecule has 0 amide bonds. The van der Waals surface area contributed by atoms with Crippen molar-refractivity contribution in [3.05, 3.63) is 24.4 Å². The van der Waals surface area contributed by atoms with Crippen molar-refractivity contribution in [1.82, 2.24) is 25.2 Å². The van der Waals surface area contributed by atoms with E-state index in [4.69, 9.17) is 0 Å². The molecule has 0 saturated carbocycles. The van der Waals surface area contributed by atoms with E-state index in [9.17, 15) is 18.3 Å².